The van der Waals surface area contributed by atoms with Crippen molar-refractivity contribution in [3.05, 3.63) is 35.7 Å². The molecule has 1 unspecified atom stereocenters. The van der Waals surface area contributed by atoms with Crippen LogP contribution in [0, 0.1) is 24.7 Å². The number of nitrogens with zero attached hydrogens (tertiary/aromatic N) is 2. The summed E-state index contributed by atoms with van der Waals surface area (Å²) >= 11 is 0. The van der Waals surface area contributed by atoms with Crippen LogP contribution in [-0.4, -0.2) is 21.9 Å². The van der Waals surface area contributed by atoms with Gasteiger partial charge in [-0.15, -0.1) is 10.2 Å². The summed E-state index contributed by atoms with van der Waals surface area (Å²) in [5, 5.41) is 8.10. The molecule has 4 rings (SSSR count). The van der Waals surface area contributed by atoms with Crippen molar-refractivity contribution in [2.24, 2.45) is 17.8 Å². The molecule has 0 N–H and O–H groups in total. The fourth-order valence-corrected chi connectivity index (χ4v) is 4.20. The second-order valence-corrected chi connectivity index (χ2v) is 7.79. The summed E-state index contributed by atoms with van der Waals surface area (Å²) in [6, 6.07) is 7.79. The number of esters is 1. The van der Waals surface area contributed by atoms with Crippen LogP contribution >= 0.6 is 0 Å². The fourth-order valence-electron chi connectivity index (χ4n) is 4.20. The van der Waals surface area contributed by atoms with Gasteiger partial charge in [0.2, 0.25) is 5.89 Å². The number of fused-ring (bicyclic) bond motifs is 2. The molecule has 2 aliphatic rings. The van der Waals surface area contributed by atoms with Crippen LogP contribution in [0.25, 0.3) is 11.5 Å². The van der Waals surface area contributed by atoms with Crippen molar-refractivity contribution in [2.45, 2.75) is 52.1 Å². The van der Waals surface area contributed by atoms with Crippen LogP contribution in [0.15, 0.2) is 28.7 Å². The summed E-state index contributed by atoms with van der Waals surface area (Å²) in [5.41, 5.74) is 1.98. The minimum Gasteiger partial charge on any atom is -0.452 e. The molecule has 0 aliphatic heterocycles. The molecule has 2 saturated carbocycles. The molecule has 27 heavy (non-hydrogen) atoms. The molecule has 2 bridgehead atoms. The van der Waals surface area contributed by atoms with Gasteiger partial charge in [-0.1, -0.05) is 24.1 Å². The third-order valence-electron chi connectivity index (χ3n) is 5.76. The number of hydrogen-bond donors (Lipinski definition) is 0. The summed E-state index contributed by atoms with van der Waals surface area (Å²) < 4.78 is 11.3. The Morgan fingerprint density at radius 2 is 1.81 bits per heavy atom. The minimum atomic E-state index is -0.610. The lowest BCUT2D eigenvalue weighted by molar-refractivity contribution is -0.159. The Hall–Kier alpha value is -2.50. The number of carbonyl (C=O) groups is 2. The number of rotatable bonds is 4. The molecule has 1 aromatic heterocycles. The third-order valence-corrected chi connectivity index (χ3v) is 5.76. The zero-order valence-electron chi connectivity index (χ0n) is 15.7. The van der Waals surface area contributed by atoms with Gasteiger partial charge in [0.15, 0.2) is 6.10 Å². The molecular weight excluding hydrogens is 344 g/mol. The molecule has 0 amide bonds. The molecule has 6 nitrogen and oxygen atoms in total. The number of ketones is 1. The third kappa shape index (κ3) is 3.66. The van der Waals surface area contributed by atoms with Gasteiger partial charge in [-0.2, -0.15) is 0 Å². The van der Waals surface area contributed by atoms with Crippen LogP contribution in [0.4, 0.5) is 0 Å². The van der Waals surface area contributed by atoms with Crippen LogP contribution in [-0.2, 0) is 14.3 Å². The first-order chi connectivity index (χ1) is 13.0. The van der Waals surface area contributed by atoms with E-state index in [1.54, 1.807) is 6.92 Å². The highest BCUT2D eigenvalue weighted by molar-refractivity contribution is 5.87. The molecule has 0 spiro atoms. The number of aryl methyl sites for hydroxylation is 1. The summed E-state index contributed by atoms with van der Waals surface area (Å²) in [4.78, 5) is 24.8. The van der Waals surface area contributed by atoms with Crippen molar-refractivity contribution >= 4 is 11.8 Å². The fraction of sp³-hybridized carbons (Fsp3) is 0.524. The molecule has 1 heterocycles. The van der Waals surface area contributed by atoms with Crippen LogP contribution in [0.2, 0.25) is 0 Å². The molecule has 6 heteroatoms. The summed E-state index contributed by atoms with van der Waals surface area (Å²) in [7, 11) is 0. The largest absolute Gasteiger partial charge is 0.452 e. The highest BCUT2D eigenvalue weighted by Gasteiger charge is 2.42. The summed E-state index contributed by atoms with van der Waals surface area (Å²) in [6.07, 6.45) is 3.50. The van der Waals surface area contributed by atoms with Crippen molar-refractivity contribution in [3.63, 3.8) is 0 Å². The summed E-state index contributed by atoms with van der Waals surface area (Å²) in [5.74, 6) is 0.625. The lowest BCUT2D eigenvalue weighted by Crippen LogP contribution is -2.39. The Balaban J connectivity index is 1.40. The van der Waals surface area contributed by atoms with Crippen molar-refractivity contribution in [3.8, 4) is 11.5 Å². The molecule has 4 atom stereocenters. The average molecular weight is 368 g/mol. The smallest absolute Gasteiger partial charge is 0.309 e. The second-order valence-electron chi connectivity index (χ2n) is 7.79. The van der Waals surface area contributed by atoms with Gasteiger partial charge in [0, 0.05) is 17.4 Å². The van der Waals surface area contributed by atoms with Gasteiger partial charge in [0.05, 0.1) is 5.92 Å². The highest BCUT2D eigenvalue weighted by atomic mass is 16.6. The quantitative estimate of drug-likeness (QED) is 0.757. The number of carbonyl (C=O) groups excluding carboxylic acids is 2. The van der Waals surface area contributed by atoms with Crippen LogP contribution < -0.4 is 0 Å². The maximum atomic E-state index is 12.6. The van der Waals surface area contributed by atoms with Crippen LogP contribution in [0.5, 0.6) is 0 Å². The van der Waals surface area contributed by atoms with E-state index in [0.717, 1.165) is 30.4 Å². The van der Waals surface area contributed by atoms with Gasteiger partial charge >= 0.3 is 5.97 Å². The molecule has 1 aromatic carbocycles. The van der Waals surface area contributed by atoms with E-state index in [9.17, 15) is 9.59 Å². The second kappa shape index (κ2) is 7.25. The monoisotopic (exact) mass is 368 g/mol. The lowest BCUT2D eigenvalue weighted by atomic mass is 9.67. The first-order valence-electron chi connectivity index (χ1n) is 9.66. The highest BCUT2D eigenvalue weighted by Crippen LogP contribution is 2.41. The summed E-state index contributed by atoms with van der Waals surface area (Å²) in [6.45, 7) is 3.75. The van der Waals surface area contributed by atoms with Crippen LogP contribution in [0.3, 0.4) is 0 Å². The minimum absolute atomic E-state index is 0.0295. The number of aromatic nitrogens is 2. The molecular formula is C21H24N2O4. The normalized spacial score (nSPS) is 25.9. The molecule has 2 fully saturated rings. The topological polar surface area (TPSA) is 82.3 Å². The van der Waals surface area contributed by atoms with E-state index in [1.807, 2.05) is 31.2 Å². The SMILES string of the molecule is Cc1ccc(-c2nnc([C@H](C)OC(=O)C3C[C@H]4CCC[C@@H](C3)C4=O)o2)cc1. The van der Waals surface area contributed by atoms with Gasteiger partial charge in [0.1, 0.15) is 5.78 Å². The first-order valence-corrected chi connectivity index (χ1v) is 9.66. The Morgan fingerprint density at radius 3 is 2.48 bits per heavy atom. The van der Waals surface area contributed by atoms with E-state index in [4.69, 9.17) is 9.15 Å². The van der Waals surface area contributed by atoms with Crippen LogP contribution in [0.1, 0.15) is 56.6 Å². The van der Waals surface area contributed by atoms with E-state index in [1.165, 1.54) is 0 Å². The Labute approximate surface area is 158 Å². The van der Waals surface area contributed by atoms with Gasteiger partial charge in [0.25, 0.3) is 5.89 Å². The number of hydrogen-bond acceptors (Lipinski definition) is 6. The Bertz CT molecular complexity index is 826. The van der Waals surface area contributed by atoms with E-state index in [2.05, 4.69) is 10.2 Å². The maximum Gasteiger partial charge on any atom is 0.309 e. The number of Topliss-reactive ketones (excluding diaryl/α,β-unsaturated/α-hetero) is 1. The Morgan fingerprint density at radius 1 is 1.15 bits per heavy atom. The van der Waals surface area contributed by atoms with E-state index < -0.39 is 6.10 Å². The van der Waals surface area contributed by atoms with Gasteiger partial charge in [-0.3, -0.25) is 9.59 Å². The zero-order valence-corrected chi connectivity index (χ0v) is 15.7. The van der Waals surface area contributed by atoms with Crippen molar-refractivity contribution in [2.75, 3.05) is 0 Å². The lowest BCUT2D eigenvalue weighted by Gasteiger charge is -2.36. The molecule has 0 radical (unpaired) electrons. The van der Waals surface area contributed by atoms with E-state index in [-0.39, 0.29) is 29.6 Å². The molecule has 2 aromatic rings. The van der Waals surface area contributed by atoms with Crippen molar-refractivity contribution in [1.82, 2.24) is 10.2 Å². The zero-order chi connectivity index (χ0) is 19.0. The number of benzene rings is 1. The van der Waals surface area contributed by atoms with Crippen molar-refractivity contribution < 1.29 is 18.7 Å². The van der Waals surface area contributed by atoms with E-state index >= 15 is 0 Å². The van der Waals surface area contributed by atoms with Crippen molar-refractivity contribution in [1.29, 1.82) is 0 Å². The predicted octanol–water partition coefficient (Wildman–Crippen LogP) is 4.04. The predicted molar refractivity (Wildman–Crippen MR) is 97.5 cm³/mol. The average Bonchev–Trinajstić information content (AvgIpc) is 3.12. The van der Waals surface area contributed by atoms with Gasteiger partial charge < -0.3 is 9.15 Å². The standard InChI is InChI=1S/C21H24N2O4/c1-12-6-8-14(9-7-12)20-23-22-19(27-20)13(2)26-21(25)17-10-15-4-3-5-16(11-17)18(15)24/h6-9,13,15-17H,3-5,10-11H2,1-2H3/t13-,15-,16+,17?/m0/s1. The molecule has 2 aliphatic carbocycles. The maximum absolute atomic E-state index is 12.6. The van der Waals surface area contributed by atoms with Gasteiger partial charge in [-0.05, 0) is 51.7 Å². The molecule has 0 saturated heterocycles. The van der Waals surface area contributed by atoms with E-state index in [0.29, 0.717) is 24.5 Å². The number of ether oxygens (including phenoxy) is 1. The molecule has 142 valence electrons. The first kappa shape index (κ1) is 17.9. The Kier molecular flexibility index (Phi) is 4.81. The van der Waals surface area contributed by atoms with Gasteiger partial charge in [-0.25, -0.2) is 0 Å².